The Balaban J connectivity index is 0.857. The molecule has 8 heteroatoms. The first-order valence-electron chi connectivity index (χ1n) is 21.4. The molecule has 0 saturated heterocycles. The van der Waals surface area contributed by atoms with E-state index >= 15 is 0 Å². The number of carbonyl (C=O) groups is 4. The average molecular weight is 815 g/mol. The maximum atomic E-state index is 13.8. The molecule has 0 aliphatic heterocycles. The fourth-order valence-electron chi connectivity index (χ4n) is 9.80. The molecule has 8 aromatic rings. The Morgan fingerprint density at radius 1 is 0.484 bits per heavy atom. The Morgan fingerprint density at radius 3 is 1.27 bits per heavy atom. The maximum absolute atomic E-state index is 13.8. The van der Waals surface area contributed by atoms with E-state index in [2.05, 4.69) is 74.7 Å². The van der Waals surface area contributed by atoms with E-state index in [1.165, 1.54) is 0 Å². The number of hydrogen-bond acceptors (Lipinski definition) is 6. The number of nitrogens with one attached hydrogen (secondary N) is 2. The van der Waals surface area contributed by atoms with Crippen LogP contribution in [0.2, 0.25) is 0 Å². The second kappa shape index (κ2) is 14.8. The third kappa shape index (κ3) is 7.09. The molecule has 0 radical (unpaired) electrons. The van der Waals surface area contributed by atoms with Gasteiger partial charge in [0.25, 0.3) is 0 Å². The molecule has 2 aromatic heterocycles. The highest BCUT2D eigenvalue weighted by molar-refractivity contribution is 6.20. The van der Waals surface area contributed by atoms with Crippen LogP contribution in [-0.2, 0) is 22.4 Å². The molecule has 2 aliphatic rings. The molecule has 2 N–H and O–H groups in total. The van der Waals surface area contributed by atoms with Crippen LogP contribution in [0.5, 0.6) is 0 Å². The summed E-state index contributed by atoms with van der Waals surface area (Å²) in [6.07, 6.45) is 2.29. The van der Waals surface area contributed by atoms with Gasteiger partial charge in [0.05, 0.1) is 22.4 Å². The lowest BCUT2D eigenvalue weighted by Crippen LogP contribution is -2.28. The van der Waals surface area contributed by atoms with Gasteiger partial charge >= 0.3 is 0 Å². The van der Waals surface area contributed by atoms with Gasteiger partial charge in [-0.2, -0.15) is 0 Å². The molecule has 0 unspecified atom stereocenters. The van der Waals surface area contributed by atoms with Gasteiger partial charge in [0.2, 0.25) is 11.8 Å². The minimum Gasteiger partial charge on any atom is -0.326 e. The Labute approximate surface area is 359 Å². The highest BCUT2D eigenvalue weighted by atomic mass is 16.2. The van der Waals surface area contributed by atoms with Crippen molar-refractivity contribution in [2.75, 3.05) is 10.6 Å². The van der Waals surface area contributed by atoms with E-state index in [4.69, 9.17) is 9.97 Å². The van der Waals surface area contributed by atoms with Crippen LogP contribution < -0.4 is 10.6 Å². The predicted octanol–water partition coefficient (Wildman–Crippen LogP) is 12.1. The summed E-state index contributed by atoms with van der Waals surface area (Å²) in [6, 6.07) is 39.7. The Hall–Kier alpha value is -7.06. The summed E-state index contributed by atoms with van der Waals surface area (Å²) in [5.41, 5.74) is 9.07. The van der Waals surface area contributed by atoms with Crippen LogP contribution in [-0.4, -0.2) is 33.3 Å². The van der Waals surface area contributed by atoms with Crippen LogP contribution in [0.25, 0.3) is 65.6 Å². The number of Topliss-reactive ketones (excluding diaryl/α,β-unsaturated/α-hetero) is 2. The first kappa shape index (κ1) is 39.1. The number of aromatic nitrogens is 2. The van der Waals surface area contributed by atoms with Crippen molar-refractivity contribution in [2.45, 2.75) is 66.2 Å². The molecular formula is C54H46N4O4. The van der Waals surface area contributed by atoms with Gasteiger partial charge in [-0.1, -0.05) is 113 Å². The first-order chi connectivity index (χ1) is 29.8. The smallest absolute Gasteiger partial charge is 0.224 e. The van der Waals surface area contributed by atoms with Gasteiger partial charge in [0, 0.05) is 70.1 Å². The summed E-state index contributed by atoms with van der Waals surface area (Å²) in [4.78, 5) is 64.0. The Kier molecular flexibility index (Phi) is 9.36. The lowest BCUT2D eigenvalue weighted by Gasteiger charge is -2.31. The van der Waals surface area contributed by atoms with E-state index in [1.807, 2.05) is 84.9 Å². The lowest BCUT2D eigenvalue weighted by atomic mass is 9.73. The molecule has 10 rings (SSSR count). The van der Waals surface area contributed by atoms with Gasteiger partial charge < -0.3 is 10.6 Å². The zero-order chi connectivity index (χ0) is 42.9. The highest BCUT2D eigenvalue weighted by Crippen LogP contribution is 2.45. The normalized spacial score (nSPS) is 15.4. The van der Waals surface area contributed by atoms with Crippen LogP contribution >= 0.6 is 0 Å². The summed E-state index contributed by atoms with van der Waals surface area (Å²) in [6.45, 7) is 8.45. The zero-order valence-electron chi connectivity index (χ0n) is 35.3. The Morgan fingerprint density at radius 2 is 0.871 bits per heavy atom. The second-order valence-electron chi connectivity index (χ2n) is 18.6. The quantitative estimate of drug-likeness (QED) is 0.155. The lowest BCUT2D eigenvalue weighted by molar-refractivity contribution is -0.121. The maximum Gasteiger partial charge on any atom is 0.224 e. The van der Waals surface area contributed by atoms with Gasteiger partial charge in [0.15, 0.2) is 11.6 Å². The summed E-state index contributed by atoms with van der Waals surface area (Å²) < 4.78 is 0. The van der Waals surface area contributed by atoms with Gasteiger partial charge in [-0.3, -0.25) is 29.1 Å². The molecule has 0 atom stereocenters. The highest BCUT2D eigenvalue weighted by Gasteiger charge is 2.36. The molecule has 306 valence electrons. The van der Waals surface area contributed by atoms with E-state index in [9.17, 15) is 19.2 Å². The van der Waals surface area contributed by atoms with Crippen LogP contribution in [0.1, 0.15) is 85.5 Å². The van der Waals surface area contributed by atoms with Crippen molar-refractivity contribution in [3.63, 3.8) is 0 Å². The minimum atomic E-state index is -0.284. The third-order valence-corrected chi connectivity index (χ3v) is 12.5. The third-order valence-electron chi connectivity index (χ3n) is 12.5. The molecule has 0 spiro atoms. The number of benzene rings is 6. The molecule has 2 aliphatic carbocycles. The molecule has 0 bridgehead atoms. The van der Waals surface area contributed by atoms with Crippen molar-refractivity contribution >= 4 is 78.1 Å². The summed E-state index contributed by atoms with van der Waals surface area (Å²) in [7, 11) is 0. The molecule has 2 heterocycles. The molecule has 0 saturated carbocycles. The second-order valence-corrected chi connectivity index (χ2v) is 18.6. The van der Waals surface area contributed by atoms with Crippen molar-refractivity contribution < 1.29 is 19.2 Å². The number of pyridine rings is 2. The fourth-order valence-corrected chi connectivity index (χ4v) is 9.80. The van der Waals surface area contributed by atoms with Crippen molar-refractivity contribution in [3.05, 3.63) is 144 Å². The van der Waals surface area contributed by atoms with Crippen molar-refractivity contribution in [1.82, 2.24) is 9.97 Å². The van der Waals surface area contributed by atoms with E-state index < -0.39 is 0 Å². The molecule has 2 amide bonds. The topological polar surface area (TPSA) is 118 Å². The zero-order valence-corrected chi connectivity index (χ0v) is 35.3. The van der Waals surface area contributed by atoms with E-state index in [0.29, 0.717) is 48.2 Å². The number of carbonyl (C=O) groups excluding carboxylic acids is 4. The van der Waals surface area contributed by atoms with Gasteiger partial charge in [-0.05, 0) is 92.7 Å². The standard InChI is InChI=1S/C54H46N4O4/c1-53(2)27-41-51(43(59)29-53)47(49-37-11-7-5-9-31(37)17-23-39(49)57-41)33-13-19-35(20-14-33)55-45(61)25-26-46(62)56-36-21-15-34(16-22-36)48-50-38-12-8-6-10-32(38)18-24-40(50)58-42-28-54(3,4)30-44(60)52(42)48/h5-24H,25-30H2,1-4H3,(H,55,61)(H,56,62). The molecule has 0 fully saturated rings. The predicted molar refractivity (Wildman–Crippen MR) is 249 cm³/mol. The number of amides is 2. The van der Waals surface area contributed by atoms with Crippen LogP contribution in [0.15, 0.2) is 121 Å². The minimum absolute atomic E-state index is 0.00881. The Bertz CT molecular complexity index is 2990. The SMILES string of the molecule is CC1(C)CC(=O)c2c(nc3ccc4ccccc4c3c2-c2ccc(NC(=O)CCC(=O)Nc3ccc(-c4c5c(nc6ccc7ccccc7c46)CC(C)(C)CC5=O)cc3)cc2)C1. The fraction of sp³-hybridized carbons (Fsp3) is 0.222. The largest absolute Gasteiger partial charge is 0.326 e. The number of fused-ring (bicyclic) bond motifs is 8. The van der Waals surface area contributed by atoms with Gasteiger partial charge in [-0.25, -0.2) is 0 Å². The van der Waals surface area contributed by atoms with Gasteiger partial charge in [0.1, 0.15) is 0 Å². The van der Waals surface area contributed by atoms with Crippen molar-refractivity contribution in [2.24, 2.45) is 10.8 Å². The van der Waals surface area contributed by atoms with E-state index in [0.717, 1.165) is 77.0 Å². The van der Waals surface area contributed by atoms with Crippen LogP contribution in [0.3, 0.4) is 0 Å². The number of ketones is 2. The van der Waals surface area contributed by atoms with Crippen molar-refractivity contribution in [1.29, 1.82) is 0 Å². The number of rotatable bonds is 7. The summed E-state index contributed by atoms with van der Waals surface area (Å²) >= 11 is 0. The molecule has 8 nitrogen and oxygen atoms in total. The van der Waals surface area contributed by atoms with Crippen molar-refractivity contribution in [3.8, 4) is 22.3 Å². The van der Waals surface area contributed by atoms with E-state index in [1.54, 1.807) is 0 Å². The number of nitrogens with zero attached hydrogens (tertiary/aromatic N) is 2. The molecule has 62 heavy (non-hydrogen) atoms. The molecule has 6 aromatic carbocycles. The van der Waals surface area contributed by atoms with Crippen LogP contribution in [0.4, 0.5) is 11.4 Å². The molecular weight excluding hydrogens is 769 g/mol. The number of hydrogen-bond donors (Lipinski definition) is 2. The summed E-state index contributed by atoms with van der Waals surface area (Å²) in [5.74, 6) is -0.383. The summed E-state index contributed by atoms with van der Waals surface area (Å²) in [5, 5.41) is 12.0. The number of anilines is 2. The monoisotopic (exact) mass is 814 g/mol. The average Bonchev–Trinajstić information content (AvgIpc) is 3.24. The van der Waals surface area contributed by atoms with E-state index in [-0.39, 0.29) is 47.1 Å². The first-order valence-corrected chi connectivity index (χ1v) is 21.4. The van der Waals surface area contributed by atoms with Crippen LogP contribution in [0, 0.1) is 10.8 Å². The van der Waals surface area contributed by atoms with Gasteiger partial charge in [-0.15, -0.1) is 0 Å².